The van der Waals surface area contributed by atoms with Crippen molar-refractivity contribution in [3.8, 4) is 0 Å². The van der Waals surface area contributed by atoms with Crippen molar-refractivity contribution >= 4 is 29.0 Å². The molecule has 0 aliphatic carbocycles. The van der Waals surface area contributed by atoms with Crippen LogP contribution in [0.3, 0.4) is 0 Å². The normalized spacial score (nSPS) is 9.80. The van der Waals surface area contributed by atoms with E-state index in [1.807, 2.05) is 0 Å². The lowest BCUT2D eigenvalue weighted by atomic mass is 10.5. The number of hydrogen-bond acceptors (Lipinski definition) is 3. The molecule has 5 heteroatoms. The number of halogens is 2. The molecule has 0 atom stereocenters. The van der Waals surface area contributed by atoms with Crippen molar-refractivity contribution in [2.45, 2.75) is 5.88 Å². The molecule has 0 aliphatic heterocycles. The molecular formula is C5H5Cl2N3. The zero-order valence-electron chi connectivity index (χ0n) is 5.01. The standard InChI is InChI=1S/C5H5Cl2N3/c6-1-3-5(8)9-2-4(7)10-3/h2H,1H2,(H2,8,9). The summed E-state index contributed by atoms with van der Waals surface area (Å²) in [5.41, 5.74) is 5.91. The molecule has 0 unspecified atom stereocenters. The van der Waals surface area contributed by atoms with Crippen LogP contribution in [-0.2, 0) is 5.88 Å². The van der Waals surface area contributed by atoms with Crippen molar-refractivity contribution in [1.29, 1.82) is 0 Å². The van der Waals surface area contributed by atoms with Crippen molar-refractivity contribution in [2.75, 3.05) is 5.73 Å². The van der Waals surface area contributed by atoms with E-state index in [-0.39, 0.29) is 5.88 Å². The molecule has 0 aliphatic rings. The average Bonchev–Trinajstić information content (AvgIpc) is 1.94. The highest BCUT2D eigenvalue weighted by Gasteiger charge is 2.00. The topological polar surface area (TPSA) is 51.8 Å². The van der Waals surface area contributed by atoms with Gasteiger partial charge in [-0.3, -0.25) is 0 Å². The molecule has 1 rings (SSSR count). The summed E-state index contributed by atoms with van der Waals surface area (Å²) in [6.07, 6.45) is 1.38. The second kappa shape index (κ2) is 3.03. The molecule has 1 heterocycles. The van der Waals surface area contributed by atoms with E-state index in [1.54, 1.807) is 0 Å². The Labute approximate surface area is 68.2 Å². The van der Waals surface area contributed by atoms with E-state index in [9.17, 15) is 0 Å². The van der Waals surface area contributed by atoms with E-state index in [2.05, 4.69) is 9.97 Å². The third-order valence-corrected chi connectivity index (χ3v) is 1.41. The number of alkyl halides is 1. The highest BCUT2D eigenvalue weighted by Crippen LogP contribution is 2.11. The minimum atomic E-state index is 0.236. The summed E-state index contributed by atoms with van der Waals surface area (Å²) >= 11 is 11.0. The van der Waals surface area contributed by atoms with Crippen LogP contribution in [0.25, 0.3) is 0 Å². The zero-order chi connectivity index (χ0) is 7.56. The Kier molecular flexibility index (Phi) is 2.29. The summed E-state index contributed by atoms with van der Waals surface area (Å²) in [6.45, 7) is 0. The number of nitrogen functional groups attached to an aromatic ring is 1. The molecular weight excluding hydrogens is 173 g/mol. The van der Waals surface area contributed by atoms with Crippen molar-refractivity contribution < 1.29 is 0 Å². The molecule has 10 heavy (non-hydrogen) atoms. The SMILES string of the molecule is Nc1ncc(Cl)nc1CCl. The Morgan fingerprint density at radius 1 is 1.60 bits per heavy atom. The van der Waals surface area contributed by atoms with E-state index < -0.39 is 0 Å². The summed E-state index contributed by atoms with van der Waals surface area (Å²) in [5.74, 6) is 0.568. The molecule has 0 aromatic carbocycles. The van der Waals surface area contributed by atoms with Crippen LogP contribution >= 0.6 is 23.2 Å². The van der Waals surface area contributed by atoms with Crippen LogP contribution in [0.5, 0.6) is 0 Å². The van der Waals surface area contributed by atoms with E-state index in [0.29, 0.717) is 16.7 Å². The van der Waals surface area contributed by atoms with Gasteiger partial charge in [-0.15, -0.1) is 11.6 Å². The maximum absolute atomic E-state index is 5.51. The maximum Gasteiger partial charge on any atom is 0.147 e. The Bertz CT molecular complexity index is 238. The van der Waals surface area contributed by atoms with Crippen molar-refractivity contribution in [1.82, 2.24) is 9.97 Å². The van der Waals surface area contributed by atoms with Gasteiger partial charge < -0.3 is 5.73 Å². The molecule has 54 valence electrons. The first-order chi connectivity index (χ1) is 4.74. The van der Waals surface area contributed by atoms with E-state index >= 15 is 0 Å². The molecule has 0 saturated carbocycles. The van der Waals surface area contributed by atoms with Crippen molar-refractivity contribution in [2.24, 2.45) is 0 Å². The van der Waals surface area contributed by atoms with Crippen LogP contribution in [0.2, 0.25) is 5.15 Å². The minimum absolute atomic E-state index is 0.236. The largest absolute Gasteiger partial charge is 0.382 e. The lowest BCUT2D eigenvalue weighted by molar-refractivity contribution is 1.11. The van der Waals surface area contributed by atoms with Crippen LogP contribution < -0.4 is 5.73 Å². The second-order valence-electron chi connectivity index (χ2n) is 1.66. The van der Waals surface area contributed by atoms with Crippen LogP contribution in [0.15, 0.2) is 6.20 Å². The monoisotopic (exact) mass is 177 g/mol. The Morgan fingerprint density at radius 3 is 2.80 bits per heavy atom. The number of aromatic nitrogens is 2. The first-order valence-electron chi connectivity index (χ1n) is 2.57. The van der Waals surface area contributed by atoms with E-state index in [1.165, 1.54) is 6.20 Å². The highest BCUT2D eigenvalue weighted by molar-refractivity contribution is 6.29. The second-order valence-corrected chi connectivity index (χ2v) is 2.31. The van der Waals surface area contributed by atoms with Gasteiger partial charge in [0.15, 0.2) is 0 Å². The molecule has 1 aromatic rings. The molecule has 0 spiro atoms. The predicted molar refractivity (Wildman–Crippen MR) is 41.0 cm³/mol. The van der Waals surface area contributed by atoms with Crippen LogP contribution in [0.4, 0.5) is 5.82 Å². The number of nitrogens with two attached hydrogens (primary N) is 1. The fourth-order valence-electron chi connectivity index (χ4n) is 0.511. The number of anilines is 1. The molecule has 1 aromatic heterocycles. The molecule has 0 bridgehead atoms. The van der Waals surface area contributed by atoms with Gasteiger partial charge in [0.25, 0.3) is 0 Å². The number of hydrogen-bond donors (Lipinski definition) is 1. The molecule has 0 saturated heterocycles. The van der Waals surface area contributed by atoms with Gasteiger partial charge in [0.1, 0.15) is 11.0 Å². The summed E-state index contributed by atoms with van der Waals surface area (Å²) in [4.78, 5) is 7.59. The Balaban J connectivity index is 3.09. The van der Waals surface area contributed by atoms with Crippen molar-refractivity contribution in [3.05, 3.63) is 17.0 Å². The maximum atomic E-state index is 5.51. The van der Waals surface area contributed by atoms with Gasteiger partial charge in [-0.1, -0.05) is 11.6 Å². The van der Waals surface area contributed by atoms with Crippen LogP contribution in [0, 0.1) is 0 Å². The fraction of sp³-hybridized carbons (Fsp3) is 0.200. The lowest BCUT2D eigenvalue weighted by Gasteiger charge is -1.97. The highest BCUT2D eigenvalue weighted by atomic mass is 35.5. The summed E-state index contributed by atoms with van der Waals surface area (Å²) in [5, 5.41) is 0.310. The van der Waals surface area contributed by atoms with E-state index in [4.69, 9.17) is 28.9 Å². The first-order valence-corrected chi connectivity index (χ1v) is 3.48. The smallest absolute Gasteiger partial charge is 0.147 e. The molecule has 0 radical (unpaired) electrons. The number of rotatable bonds is 1. The molecule has 2 N–H and O–H groups in total. The zero-order valence-corrected chi connectivity index (χ0v) is 6.52. The van der Waals surface area contributed by atoms with Gasteiger partial charge in [-0.2, -0.15) is 0 Å². The van der Waals surface area contributed by atoms with Crippen molar-refractivity contribution in [3.63, 3.8) is 0 Å². The van der Waals surface area contributed by atoms with Gasteiger partial charge in [0.2, 0.25) is 0 Å². The molecule has 0 amide bonds. The van der Waals surface area contributed by atoms with Gasteiger partial charge in [-0.05, 0) is 0 Å². The molecule has 3 nitrogen and oxygen atoms in total. The summed E-state index contributed by atoms with van der Waals surface area (Å²) in [7, 11) is 0. The Hall–Kier alpha value is -0.540. The first kappa shape index (κ1) is 7.57. The Morgan fingerprint density at radius 2 is 2.30 bits per heavy atom. The van der Waals surface area contributed by atoms with Crippen LogP contribution in [0.1, 0.15) is 5.69 Å². The van der Waals surface area contributed by atoms with Gasteiger partial charge in [0, 0.05) is 0 Å². The third-order valence-electron chi connectivity index (χ3n) is 0.974. The lowest BCUT2D eigenvalue weighted by Crippen LogP contribution is -1.98. The molecule has 0 fully saturated rings. The average molecular weight is 178 g/mol. The number of nitrogens with zero attached hydrogens (tertiary/aromatic N) is 2. The minimum Gasteiger partial charge on any atom is -0.382 e. The summed E-state index contributed by atoms with van der Waals surface area (Å²) in [6, 6.07) is 0. The van der Waals surface area contributed by atoms with Gasteiger partial charge in [0.05, 0.1) is 17.8 Å². The quantitative estimate of drug-likeness (QED) is 0.662. The third kappa shape index (κ3) is 1.49. The van der Waals surface area contributed by atoms with Crippen LogP contribution in [-0.4, -0.2) is 9.97 Å². The van der Waals surface area contributed by atoms with Gasteiger partial charge >= 0.3 is 0 Å². The van der Waals surface area contributed by atoms with Gasteiger partial charge in [-0.25, -0.2) is 9.97 Å². The predicted octanol–water partition coefficient (Wildman–Crippen LogP) is 1.45. The summed E-state index contributed by atoms with van der Waals surface area (Å²) < 4.78 is 0. The van der Waals surface area contributed by atoms with E-state index in [0.717, 1.165) is 0 Å². The fourth-order valence-corrected chi connectivity index (χ4v) is 0.858.